The molecule has 1 aromatic rings. The van der Waals surface area contributed by atoms with E-state index < -0.39 is 71.6 Å². The van der Waals surface area contributed by atoms with Crippen LogP contribution in [0.1, 0.15) is 51.4 Å². The summed E-state index contributed by atoms with van der Waals surface area (Å²) >= 11 is 0. The van der Waals surface area contributed by atoms with Crippen LogP contribution in [0.2, 0.25) is 0 Å². The Bertz CT molecular complexity index is 1020. The van der Waals surface area contributed by atoms with Crippen LogP contribution in [-0.4, -0.2) is 54.2 Å². The van der Waals surface area contributed by atoms with Gasteiger partial charge in [-0.25, -0.2) is 8.78 Å². The summed E-state index contributed by atoms with van der Waals surface area (Å²) in [5.41, 5.74) is 0. The van der Waals surface area contributed by atoms with E-state index in [0.29, 0.717) is 25.9 Å². The summed E-state index contributed by atoms with van der Waals surface area (Å²) in [6.45, 7) is 0.0238. The van der Waals surface area contributed by atoms with Crippen LogP contribution in [0.25, 0.3) is 0 Å². The number of fused-ring (bicyclic) bond motifs is 1. The van der Waals surface area contributed by atoms with Gasteiger partial charge in [-0.1, -0.05) is 19.3 Å². The Morgan fingerprint density at radius 2 is 1.60 bits per heavy atom. The first kappa shape index (κ1) is 25.0. The Hall–Kier alpha value is -3.11. The van der Waals surface area contributed by atoms with Gasteiger partial charge in [-0.05, 0) is 25.7 Å². The Balaban J connectivity index is 1.36. The fourth-order valence-corrected chi connectivity index (χ4v) is 4.85. The molecular formula is C24H27F3N2O6. The van der Waals surface area contributed by atoms with Gasteiger partial charge in [-0.2, -0.15) is 4.39 Å². The number of ketones is 1. The van der Waals surface area contributed by atoms with Crippen LogP contribution in [0.15, 0.2) is 6.07 Å². The van der Waals surface area contributed by atoms with Crippen molar-refractivity contribution >= 4 is 23.6 Å². The van der Waals surface area contributed by atoms with Gasteiger partial charge in [0.05, 0.1) is 6.42 Å². The molecule has 1 atom stereocenters. The number of carbonyl (C=O) groups excluding carboxylic acids is 4. The lowest BCUT2D eigenvalue weighted by Crippen LogP contribution is -2.49. The number of amides is 2. The Kier molecular flexibility index (Phi) is 7.61. The third kappa shape index (κ3) is 5.59. The van der Waals surface area contributed by atoms with Crippen molar-refractivity contribution in [3.63, 3.8) is 0 Å². The number of nitrogens with zero attached hydrogens (tertiary/aromatic N) is 1. The first-order valence-electron chi connectivity index (χ1n) is 11.9. The molecule has 2 amide bonds. The average molecular weight is 496 g/mol. The molecule has 4 rings (SSSR count). The molecule has 1 unspecified atom stereocenters. The molecule has 190 valence electrons. The number of hydrogen-bond donors (Lipinski definition) is 1. The van der Waals surface area contributed by atoms with E-state index in [1.54, 1.807) is 4.90 Å². The van der Waals surface area contributed by atoms with Crippen molar-refractivity contribution in [2.75, 3.05) is 19.7 Å². The number of hydrogen-bond acceptors (Lipinski definition) is 6. The van der Waals surface area contributed by atoms with Crippen LogP contribution >= 0.6 is 0 Å². The molecule has 0 bridgehead atoms. The van der Waals surface area contributed by atoms with Gasteiger partial charge < -0.3 is 19.7 Å². The Labute approximate surface area is 200 Å². The molecule has 1 aliphatic carbocycles. The minimum absolute atomic E-state index is 0.0453. The van der Waals surface area contributed by atoms with Crippen molar-refractivity contribution in [1.82, 2.24) is 10.2 Å². The highest BCUT2D eigenvalue weighted by molar-refractivity contribution is 5.94. The second-order valence-electron chi connectivity index (χ2n) is 9.24. The summed E-state index contributed by atoms with van der Waals surface area (Å²) in [6.07, 6.45) is 5.23. The van der Waals surface area contributed by atoms with Gasteiger partial charge in [-0.3, -0.25) is 19.2 Å². The summed E-state index contributed by atoms with van der Waals surface area (Å²) in [7, 11) is 0. The number of Topliss-reactive ketones (excluding diaryl/α,β-unsaturated/α-hetero) is 1. The molecule has 0 radical (unpaired) electrons. The minimum Gasteiger partial charge on any atom is -0.479 e. The number of nitrogens with one attached hydrogen (secondary N) is 1. The molecule has 1 saturated heterocycles. The normalized spacial score (nSPS) is 22.3. The van der Waals surface area contributed by atoms with Crippen LogP contribution < -0.4 is 14.8 Å². The topological polar surface area (TPSA) is 102 Å². The van der Waals surface area contributed by atoms with E-state index in [9.17, 15) is 32.3 Å². The molecule has 3 aliphatic rings. The maximum absolute atomic E-state index is 14.1. The number of carbonyl (C=O) groups is 4. The van der Waals surface area contributed by atoms with Crippen LogP contribution in [0.3, 0.4) is 0 Å². The van der Waals surface area contributed by atoms with E-state index in [1.165, 1.54) is 0 Å². The lowest BCUT2D eigenvalue weighted by Gasteiger charge is -2.35. The third-order valence-electron chi connectivity index (χ3n) is 6.87. The number of rotatable bonds is 3. The number of ether oxygens (including phenoxy) is 2. The highest BCUT2D eigenvalue weighted by atomic mass is 19.2. The Morgan fingerprint density at radius 1 is 0.914 bits per heavy atom. The smallest absolute Gasteiger partial charge is 0.313 e. The summed E-state index contributed by atoms with van der Waals surface area (Å²) in [5.74, 6) is -9.17. The second kappa shape index (κ2) is 10.7. The zero-order valence-corrected chi connectivity index (χ0v) is 19.1. The summed E-state index contributed by atoms with van der Waals surface area (Å²) < 4.78 is 51.4. The highest BCUT2D eigenvalue weighted by Gasteiger charge is 2.35. The zero-order chi connectivity index (χ0) is 25.1. The van der Waals surface area contributed by atoms with Gasteiger partial charge in [0.2, 0.25) is 29.1 Å². The van der Waals surface area contributed by atoms with Crippen LogP contribution in [0.5, 0.6) is 11.5 Å². The van der Waals surface area contributed by atoms with Crippen molar-refractivity contribution < 1.29 is 41.8 Å². The van der Waals surface area contributed by atoms with Gasteiger partial charge >= 0.3 is 5.97 Å². The van der Waals surface area contributed by atoms with Crippen molar-refractivity contribution in [3.8, 4) is 11.5 Å². The third-order valence-corrected chi connectivity index (χ3v) is 6.87. The zero-order valence-electron chi connectivity index (χ0n) is 19.1. The lowest BCUT2D eigenvalue weighted by atomic mass is 9.87. The van der Waals surface area contributed by atoms with Gasteiger partial charge in [0.1, 0.15) is 12.6 Å². The van der Waals surface area contributed by atoms with Gasteiger partial charge in [0, 0.05) is 31.0 Å². The molecule has 8 nitrogen and oxygen atoms in total. The van der Waals surface area contributed by atoms with E-state index >= 15 is 0 Å². The number of likely N-dealkylation sites (tertiary alicyclic amines) is 1. The number of piperidine rings is 1. The summed E-state index contributed by atoms with van der Waals surface area (Å²) in [6, 6.07) is -1.14. The molecule has 2 aliphatic heterocycles. The van der Waals surface area contributed by atoms with Crippen molar-refractivity contribution in [2.45, 2.75) is 57.4 Å². The van der Waals surface area contributed by atoms with Gasteiger partial charge in [-0.15, -0.1) is 0 Å². The summed E-state index contributed by atoms with van der Waals surface area (Å²) in [5, 5.41) is 2.50. The quantitative estimate of drug-likeness (QED) is 0.392. The van der Waals surface area contributed by atoms with Crippen LogP contribution in [0, 0.1) is 29.3 Å². The predicted molar refractivity (Wildman–Crippen MR) is 115 cm³/mol. The van der Waals surface area contributed by atoms with Crippen molar-refractivity contribution in [3.05, 3.63) is 23.5 Å². The number of benzene rings is 1. The van der Waals surface area contributed by atoms with Crippen LogP contribution in [0.4, 0.5) is 13.2 Å². The highest BCUT2D eigenvalue weighted by Crippen LogP contribution is 2.36. The first-order valence-corrected chi connectivity index (χ1v) is 11.9. The van der Waals surface area contributed by atoms with Crippen molar-refractivity contribution in [2.24, 2.45) is 11.8 Å². The van der Waals surface area contributed by atoms with E-state index in [4.69, 9.17) is 9.47 Å². The second-order valence-corrected chi connectivity index (χ2v) is 9.24. The molecule has 0 aromatic heterocycles. The predicted octanol–water partition coefficient (Wildman–Crippen LogP) is 2.66. The molecule has 2 heterocycles. The fraction of sp³-hybridized carbons (Fsp3) is 0.583. The average Bonchev–Trinajstić information content (AvgIpc) is 2.91. The number of esters is 1. The van der Waals surface area contributed by atoms with Crippen LogP contribution in [-0.2, 0) is 19.2 Å². The largest absolute Gasteiger partial charge is 0.479 e. The fourth-order valence-electron chi connectivity index (χ4n) is 4.85. The standard InChI is InChI=1S/C24H27F3N2O6/c25-15-10-16(26)21-22(20(15)27)34-12-18(30)17(11-19(31)35-21)28-23(32)13-6-8-29(9-7-13)24(33)14-4-2-1-3-5-14/h10,13-14,17H,1-9,11-12H2,(H,28,32). The summed E-state index contributed by atoms with van der Waals surface area (Å²) in [4.78, 5) is 52.2. The van der Waals surface area contributed by atoms with E-state index in [-0.39, 0.29) is 17.9 Å². The molecular weight excluding hydrogens is 469 g/mol. The molecule has 2 fully saturated rings. The minimum atomic E-state index is -1.60. The molecule has 1 saturated carbocycles. The van der Waals surface area contributed by atoms with E-state index in [2.05, 4.69) is 5.32 Å². The number of halogens is 3. The van der Waals surface area contributed by atoms with Gasteiger partial charge in [0.15, 0.2) is 17.4 Å². The van der Waals surface area contributed by atoms with Gasteiger partial charge in [0.25, 0.3) is 0 Å². The lowest BCUT2D eigenvalue weighted by molar-refractivity contribution is -0.141. The SMILES string of the molecule is O=C1CC(NC(=O)C2CCN(C(=O)C3CCCCC3)CC2)C(=O)COc2c(F)c(F)cc(F)c2O1. The van der Waals surface area contributed by atoms with E-state index in [1.807, 2.05) is 0 Å². The van der Waals surface area contributed by atoms with Crippen molar-refractivity contribution in [1.29, 1.82) is 0 Å². The maximum Gasteiger partial charge on any atom is 0.313 e. The Morgan fingerprint density at radius 3 is 2.29 bits per heavy atom. The molecule has 35 heavy (non-hydrogen) atoms. The first-order chi connectivity index (χ1) is 16.7. The molecule has 1 aromatic carbocycles. The monoisotopic (exact) mass is 496 g/mol. The molecule has 1 N–H and O–H groups in total. The maximum atomic E-state index is 14.1. The molecule has 11 heteroatoms. The van der Waals surface area contributed by atoms with E-state index in [0.717, 1.165) is 32.1 Å². The molecule has 0 spiro atoms.